The smallest absolute Gasteiger partial charge is 0.394 e. The van der Waals surface area contributed by atoms with Crippen LogP contribution in [-0.4, -0.2) is 113 Å². The number of nitrogens with one attached hydrogen (secondary N) is 2. The van der Waals surface area contributed by atoms with Gasteiger partial charge in [-0.2, -0.15) is 4.31 Å². The third-order valence-electron chi connectivity index (χ3n) is 5.56. The van der Waals surface area contributed by atoms with Crippen molar-refractivity contribution in [1.82, 2.24) is 14.9 Å². The van der Waals surface area contributed by atoms with E-state index in [9.17, 15) is 58.8 Å². The highest BCUT2D eigenvalue weighted by atomic mass is 31.3. The molecular formula is C17H27N3O17P2. The molecule has 3 unspecified atom stereocenters. The highest BCUT2D eigenvalue weighted by molar-refractivity contribution is 7.61. The molecule has 9 N–H and O–H groups in total. The largest absolute Gasteiger partial charge is 0.483 e. The summed E-state index contributed by atoms with van der Waals surface area (Å²) < 4.78 is 49.2. The van der Waals surface area contributed by atoms with Gasteiger partial charge in [-0.15, -0.1) is 0 Å². The second-order valence-electron chi connectivity index (χ2n) is 8.42. The number of rotatable bonds is 10. The fourth-order valence-electron chi connectivity index (χ4n) is 3.76. The minimum Gasteiger partial charge on any atom is -0.394 e. The number of aromatic amines is 1. The predicted molar refractivity (Wildman–Crippen MR) is 120 cm³/mol. The molecular weight excluding hydrogens is 580 g/mol. The van der Waals surface area contributed by atoms with Crippen molar-refractivity contribution in [3.8, 4) is 0 Å². The van der Waals surface area contributed by atoms with E-state index in [4.69, 9.17) is 9.47 Å². The number of phosphoric ester groups is 2. The summed E-state index contributed by atoms with van der Waals surface area (Å²) in [4.78, 5) is 56.4. The number of ether oxygens (including phenoxy) is 2. The average Bonchev–Trinajstić information content (AvgIpc) is 3.10. The molecule has 2 saturated heterocycles. The molecule has 0 aliphatic carbocycles. The third-order valence-corrected chi connectivity index (χ3v) is 8.16. The van der Waals surface area contributed by atoms with E-state index < -0.39 is 101 Å². The lowest BCUT2D eigenvalue weighted by Crippen LogP contribution is -2.64. The first kappa shape index (κ1) is 31.7. The van der Waals surface area contributed by atoms with Crippen molar-refractivity contribution in [2.45, 2.75) is 62.1 Å². The lowest BCUT2D eigenvalue weighted by atomic mass is 9.97. The van der Waals surface area contributed by atoms with Gasteiger partial charge in [-0.1, -0.05) is 0 Å². The van der Waals surface area contributed by atoms with Crippen LogP contribution in [0.3, 0.4) is 0 Å². The van der Waals surface area contributed by atoms with Crippen LogP contribution in [0.15, 0.2) is 21.9 Å². The van der Waals surface area contributed by atoms with Crippen LogP contribution in [0.4, 0.5) is 0 Å². The molecule has 222 valence electrons. The molecule has 22 heteroatoms. The highest BCUT2D eigenvalue weighted by Gasteiger charge is 2.50. The van der Waals surface area contributed by atoms with Gasteiger partial charge in [0.2, 0.25) is 5.91 Å². The number of phosphoric acid groups is 2. The minimum absolute atomic E-state index is 0.723. The van der Waals surface area contributed by atoms with Gasteiger partial charge >= 0.3 is 21.3 Å². The molecule has 3 rings (SSSR count). The molecule has 0 saturated carbocycles. The maximum Gasteiger partial charge on any atom is 0.483 e. The summed E-state index contributed by atoms with van der Waals surface area (Å²) in [6, 6.07) is -0.766. The molecule has 0 aromatic carbocycles. The molecule has 0 bridgehead atoms. The Hall–Kier alpha value is -1.87. The zero-order valence-corrected chi connectivity index (χ0v) is 21.6. The summed E-state index contributed by atoms with van der Waals surface area (Å²) in [6.07, 6.45) is -13.0. The maximum absolute atomic E-state index is 12.4. The fourth-order valence-corrected chi connectivity index (χ4v) is 5.92. The van der Waals surface area contributed by atoms with Gasteiger partial charge in [0.05, 0.1) is 13.2 Å². The van der Waals surface area contributed by atoms with Crippen molar-refractivity contribution in [3.63, 3.8) is 0 Å². The number of amides is 1. The average molecular weight is 607 g/mol. The van der Waals surface area contributed by atoms with E-state index in [2.05, 4.69) is 18.7 Å². The Morgan fingerprint density at radius 2 is 1.69 bits per heavy atom. The van der Waals surface area contributed by atoms with Gasteiger partial charge in [0, 0.05) is 19.2 Å². The Morgan fingerprint density at radius 1 is 1.05 bits per heavy atom. The van der Waals surface area contributed by atoms with Gasteiger partial charge < -0.3 is 50.1 Å². The summed E-state index contributed by atoms with van der Waals surface area (Å²) in [6.45, 7) is -0.940. The number of carbonyl (C=O) groups is 1. The van der Waals surface area contributed by atoms with E-state index in [-0.39, 0.29) is 0 Å². The molecule has 2 fully saturated rings. The van der Waals surface area contributed by atoms with Crippen LogP contribution in [-0.2, 0) is 36.8 Å². The van der Waals surface area contributed by atoms with Crippen LogP contribution >= 0.6 is 15.6 Å². The quantitative estimate of drug-likeness (QED) is 0.113. The molecule has 20 nitrogen and oxygen atoms in total. The summed E-state index contributed by atoms with van der Waals surface area (Å²) in [5.74, 6) is -0.796. The van der Waals surface area contributed by atoms with Crippen molar-refractivity contribution in [3.05, 3.63) is 33.1 Å². The van der Waals surface area contributed by atoms with Crippen molar-refractivity contribution in [2.24, 2.45) is 0 Å². The van der Waals surface area contributed by atoms with Gasteiger partial charge in [0.15, 0.2) is 12.5 Å². The Balaban J connectivity index is 1.66. The minimum atomic E-state index is -5.63. The fraction of sp³-hybridized carbons (Fsp3) is 0.706. The normalized spacial score (nSPS) is 36.2. The van der Waals surface area contributed by atoms with Crippen LogP contribution in [0.5, 0.6) is 0 Å². The number of aromatic nitrogens is 2. The van der Waals surface area contributed by atoms with Gasteiger partial charge in [-0.05, 0) is 0 Å². The van der Waals surface area contributed by atoms with E-state index in [0.717, 1.165) is 23.8 Å². The van der Waals surface area contributed by atoms with E-state index in [0.29, 0.717) is 0 Å². The van der Waals surface area contributed by atoms with Gasteiger partial charge in [0.1, 0.15) is 42.7 Å². The standard InChI is InChI=1S/C17H27N3O17P2/c1-6(22)18-10-13(26)11(24)7(4-21)35-16(10)36-39(31,32)37-38(29,30)33-5-8-12(25)14(27)15(34-8)20-3-2-9(23)19-17(20)28/h2-3,7-8,10-16,21,24-27H,4-5H2,1H3,(H,18,22)(H,29,30)(H,31,32)(H,19,23,28)/t7-,8-,10+,11-,12-,13-,14-,15-,16?/m1/s1. The number of carbonyl (C=O) groups excluding carboxylic acids is 1. The van der Waals surface area contributed by atoms with Crippen LogP contribution in [0.2, 0.25) is 0 Å². The summed E-state index contributed by atoms with van der Waals surface area (Å²) in [7, 11) is -11.1. The molecule has 1 aromatic heterocycles. The van der Waals surface area contributed by atoms with E-state index in [1.807, 2.05) is 4.98 Å². The Kier molecular flexibility index (Phi) is 10.0. The van der Waals surface area contributed by atoms with Gasteiger partial charge in [-0.25, -0.2) is 13.9 Å². The summed E-state index contributed by atoms with van der Waals surface area (Å²) in [5.41, 5.74) is -1.75. The number of hydrogen-bond acceptors (Lipinski definition) is 15. The van der Waals surface area contributed by atoms with Crippen molar-refractivity contribution < 1.29 is 72.1 Å². The summed E-state index contributed by atoms with van der Waals surface area (Å²) in [5, 5.41) is 51.9. The molecule has 2 aliphatic rings. The number of aliphatic hydroxyl groups is 5. The van der Waals surface area contributed by atoms with Gasteiger partial charge in [-0.3, -0.25) is 28.2 Å². The van der Waals surface area contributed by atoms with Crippen LogP contribution in [0, 0.1) is 0 Å². The number of aliphatic hydroxyl groups excluding tert-OH is 5. The molecule has 0 radical (unpaired) electrons. The Bertz CT molecular complexity index is 1240. The molecule has 1 amide bonds. The lowest BCUT2D eigenvalue weighted by molar-refractivity contribution is -0.247. The Morgan fingerprint density at radius 3 is 2.28 bits per heavy atom. The number of H-pyrrole nitrogens is 1. The number of nitrogens with zero attached hydrogens (tertiary/aromatic N) is 1. The van der Waals surface area contributed by atoms with Crippen LogP contribution < -0.4 is 16.6 Å². The van der Waals surface area contributed by atoms with Crippen molar-refractivity contribution >= 4 is 21.6 Å². The SMILES string of the molecule is CC(=O)N[C@@H]1C(OP(=O)(O)OP(=O)(O)OC[C@H]2O[C@@H](n3ccc(=O)[nH]c3=O)[C@H](O)[C@@H]2O)O[C@H](CO)[C@@H](O)[C@@H]1O. The lowest BCUT2D eigenvalue weighted by Gasteiger charge is -2.42. The first-order chi connectivity index (χ1) is 18.0. The molecule has 0 spiro atoms. The monoisotopic (exact) mass is 607 g/mol. The molecule has 2 aliphatic heterocycles. The zero-order chi connectivity index (χ0) is 29.3. The first-order valence-corrected chi connectivity index (χ1v) is 14.0. The van der Waals surface area contributed by atoms with Crippen LogP contribution in [0.25, 0.3) is 0 Å². The Labute approximate surface area is 217 Å². The van der Waals surface area contributed by atoms with Crippen LogP contribution in [0.1, 0.15) is 13.2 Å². The zero-order valence-electron chi connectivity index (χ0n) is 19.8. The van der Waals surface area contributed by atoms with E-state index in [1.54, 1.807) is 0 Å². The molecule has 39 heavy (non-hydrogen) atoms. The van der Waals surface area contributed by atoms with E-state index >= 15 is 0 Å². The second kappa shape index (κ2) is 12.3. The number of hydrogen-bond donors (Lipinski definition) is 9. The first-order valence-electron chi connectivity index (χ1n) is 11.0. The van der Waals surface area contributed by atoms with Gasteiger partial charge in [0.25, 0.3) is 5.56 Å². The van der Waals surface area contributed by atoms with E-state index in [1.165, 1.54) is 0 Å². The van der Waals surface area contributed by atoms with Crippen molar-refractivity contribution in [2.75, 3.05) is 13.2 Å². The van der Waals surface area contributed by atoms with Crippen molar-refractivity contribution in [1.29, 1.82) is 0 Å². The second-order valence-corrected chi connectivity index (χ2v) is 11.4. The topological polar surface area (TPSA) is 306 Å². The highest BCUT2D eigenvalue weighted by Crippen LogP contribution is 2.61. The molecule has 1 aromatic rings. The third kappa shape index (κ3) is 7.66. The maximum atomic E-state index is 12.4. The predicted octanol–water partition coefficient (Wildman–Crippen LogP) is -4.65. The summed E-state index contributed by atoms with van der Waals surface area (Å²) >= 11 is 0. The molecule has 3 heterocycles. The molecule has 11 atom stereocenters.